The summed E-state index contributed by atoms with van der Waals surface area (Å²) >= 11 is 0. The fourth-order valence-electron chi connectivity index (χ4n) is 3.91. The Labute approximate surface area is 130 Å². The molecule has 0 amide bonds. The van der Waals surface area contributed by atoms with E-state index in [0.717, 1.165) is 39.0 Å². The van der Waals surface area contributed by atoms with Crippen LogP contribution in [0.3, 0.4) is 0 Å². The van der Waals surface area contributed by atoms with E-state index in [4.69, 9.17) is 5.26 Å². The molecule has 22 heavy (non-hydrogen) atoms. The number of piperazine rings is 1. The van der Waals surface area contributed by atoms with Crippen LogP contribution in [0.15, 0.2) is 12.1 Å². The minimum Gasteiger partial charge on any atom is -0.506 e. The lowest BCUT2D eigenvalue weighted by Gasteiger charge is -2.39. The lowest BCUT2D eigenvalue weighted by molar-refractivity contribution is 0.123. The van der Waals surface area contributed by atoms with Gasteiger partial charge in [0.1, 0.15) is 23.2 Å². The predicted octanol–water partition coefficient (Wildman–Crippen LogP) is 2.54. The van der Waals surface area contributed by atoms with E-state index in [1.807, 2.05) is 0 Å². The van der Waals surface area contributed by atoms with Gasteiger partial charge in [-0.05, 0) is 24.8 Å². The molecule has 118 valence electrons. The van der Waals surface area contributed by atoms with Gasteiger partial charge in [-0.15, -0.1) is 0 Å². The lowest BCUT2D eigenvalue weighted by atomic mass is 9.88. The van der Waals surface area contributed by atoms with E-state index < -0.39 is 5.82 Å². The molecule has 2 N–H and O–H groups in total. The third-order valence-corrected chi connectivity index (χ3v) is 4.98. The van der Waals surface area contributed by atoms with Gasteiger partial charge in [0.05, 0.1) is 0 Å². The number of nitriles is 1. The Morgan fingerprint density at radius 2 is 1.95 bits per heavy atom. The van der Waals surface area contributed by atoms with Crippen molar-refractivity contribution in [2.45, 2.75) is 31.7 Å². The molecule has 1 saturated heterocycles. The summed E-state index contributed by atoms with van der Waals surface area (Å²) in [6.45, 7) is 3.69. The predicted molar refractivity (Wildman–Crippen MR) is 81.9 cm³/mol. The van der Waals surface area contributed by atoms with Crippen molar-refractivity contribution in [3.8, 4) is 11.8 Å². The summed E-state index contributed by atoms with van der Waals surface area (Å²) < 4.78 is 13.7. The third kappa shape index (κ3) is 2.81. The van der Waals surface area contributed by atoms with Crippen LogP contribution >= 0.6 is 0 Å². The quantitative estimate of drug-likeness (QED) is 0.901. The van der Waals surface area contributed by atoms with Crippen molar-refractivity contribution in [2.24, 2.45) is 5.92 Å². The normalized spacial score (nSPS) is 21.6. The number of phenolic OH excluding ortho intramolecular Hbond substituents is 1. The molecule has 0 unspecified atom stereocenters. The van der Waals surface area contributed by atoms with Crippen LogP contribution in [0, 0.1) is 23.1 Å². The highest BCUT2D eigenvalue weighted by atomic mass is 19.1. The van der Waals surface area contributed by atoms with Gasteiger partial charge in [0.25, 0.3) is 0 Å². The number of aromatic hydroxyl groups is 1. The molecule has 0 aromatic heterocycles. The number of halogens is 1. The van der Waals surface area contributed by atoms with Crippen LogP contribution in [-0.2, 0) is 0 Å². The minimum atomic E-state index is -0.644. The first-order chi connectivity index (χ1) is 10.7. The number of benzene rings is 1. The first kappa shape index (κ1) is 15.3. The number of phenols is 1. The van der Waals surface area contributed by atoms with Gasteiger partial charge in [0.2, 0.25) is 0 Å². The van der Waals surface area contributed by atoms with E-state index in [2.05, 4.69) is 10.2 Å². The van der Waals surface area contributed by atoms with Crippen molar-refractivity contribution in [3.63, 3.8) is 0 Å². The molecular weight excluding hydrogens is 281 g/mol. The molecule has 1 aromatic rings. The van der Waals surface area contributed by atoms with Crippen LogP contribution in [0.25, 0.3) is 0 Å². The second kappa shape index (κ2) is 6.64. The Morgan fingerprint density at radius 1 is 1.27 bits per heavy atom. The zero-order valence-corrected chi connectivity index (χ0v) is 12.7. The van der Waals surface area contributed by atoms with E-state index in [0.29, 0.717) is 11.5 Å². The monoisotopic (exact) mass is 303 g/mol. The summed E-state index contributed by atoms with van der Waals surface area (Å²) in [5.41, 5.74) is 0.488. The van der Waals surface area contributed by atoms with E-state index in [1.54, 1.807) is 12.1 Å². The number of nitrogens with one attached hydrogen (secondary N) is 1. The van der Waals surface area contributed by atoms with Crippen molar-refractivity contribution in [1.29, 1.82) is 5.26 Å². The van der Waals surface area contributed by atoms with Crippen molar-refractivity contribution >= 4 is 0 Å². The minimum absolute atomic E-state index is 0.0808. The SMILES string of the molecule is N#Cc1c(F)ccc([C@H](C2CCCC2)N2CCNCC2)c1O. The van der Waals surface area contributed by atoms with E-state index in [-0.39, 0.29) is 17.4 Å². The molecule has 1 aliphatic heterocycles. The average molecular weight is 303 g/mol. The molecule has 1 saturated carbocycles. The van der Waals surface area contributed by atoms with Crippen LogP contribution in [-0.4, -0.2) is 36.2 Å². The molecule has 1 atom stereocenters. The highest BCUT2D eigenvalue weighted by Crippen LogP contribution is 2.43. The van der Waals surface area contributed by atoms with Crippen LogP contribution in [0.4, 0.5) is 4.39 Å². The maximum absolute atomic E-state index is 13.7. The molecule has 3 rings (SSSR count). The van der Waals surface area contributed by atoms with Crippen LogP contribution in [0.5, 0.6) is 5.75 Å². The Kier molecular flexibility index (Phi) is 4.60. The average Bonchev–Trinajstić information content (AvgIpc) is 3.05. The van der Waals surface area contributed by atoms with E-state index in [1.165, 1.54) is 18.9 Å². The summed E-state index contributed by atoms with van der Waals surface area (Å²) in [6.07, 6.45) is 4.68. The zero-order valence-electron chi connectivity index (χ0n) is 12.7. The molecule has 1 aliphatic carbocycles. The first-order valence-electron chi connectivity index (χ1n) is 8.08. The zero-order chi connectivity index (χ0) is 15.5. The largest absolute Gasteiger partial charge is 0.506 e. The molecule has 0 radical (unpaired) electrons. The van der Waals surface area contributed by atoms with Gasteiger partial charge in [-0.1, -0.05) is 18.9 Å². The van der Waals surface area contributed by atoms with Gasteiger partial charge in [-0.3, -0.25) is 4.90 Å². The fourth-order valence-corrected chi connectivity index (χ4v) is 3.91. The number of nitrogens with zero attached hydrogens (tertiary/aromatic N) is 2. The summed E-state index contributed by atoms with van der Waals surface area (Å²) in [5, 5.41) is 22.9. The number of hydrogen-bond donors (Lipinski definition) is 2. The third-order valence-electron chi connectivity index (χ3n) is 4.98. The number of rotatable bonds is 3. The smallest absolute Gasteiger partial charge is 0.144 e. The Bertz CT molecular complexity index is 572. The molecule has 2 fully saturated rings. The molecule has 1 aromatic carbocycles. The maximum Gasteiger partial charge on any atom is 0.144 e. The number of hydrogen-bond acceptors (Lipinski definition) is 4. The molecule has 0 bridgehead atoms. The Hall–Kier alpha value is -1.64. The summed E-state index contributed by atoms with van der Waals surface area (Å²) in [5.74, 6) is -0.340. The summed E-state index contributed by atoms with van der Waals surface area (Å²) in [7, 11) is 0. The standard InChI is InChI=1S/C17H22FN3O/c18-15-6-5-13(17(22)14(15)11-19)16(12-3-1-2-4-12)21-9-7-20-8-10-21/h5-6,12,16,20,22H,1-4,7-10H2/t16-/m0/s1. The topological polar surface area (TPSA) is 59.3 Å². The maximum atomic E-state index is 13.7. The Balaban J connectivity index is 2.00. The van der Waals surface area contributed by atoms with Gasteiger partial charge in [-0.25, -0.2) is 4.39 Å². The van der Waals surface area contributed by atoms with Crippen molar-refractivity contribution < 1.29 is 9.50 Å². The summed E-state index contributed by atoms with van der Waals surface area (Å²) in [6, 6.07) is 4.86. The molecule has 1 heterocycles. The molecular formula is C17H22FN3O. The van der Waals surface area contributed by atoms with Crippen LogP contribution in [0.1, 0.15) is 42.9 Å². The van der Waals surface area contributed by atoms with E-state index in [9.17, 15) is 9.50 Å². The molecule has 4 nitrogen and oxygen atoms in total. The van der Waals surface area contributed by atoms with Crippen molar-refractivity contribution in [1.82, 2.24) is 10.2 Å². The lowest BCUT2D eigenvalue weighted by Crippen LogP contribution is -2.46. The van der Waals surface area contributed by atoms with Crippen molar-refractivity contribution in [3.05, 3.63) is 29.1 Å². The Morgan fingerprint density at radius 3 is 2.59 bits per heavy atom. The molecule has 5 heteroatoms. The van der Waals surface area contributed by atoms with Gasteiger partial charge < -0.3 is 10.4 Å². The van der Waals surface area contributed by atoms with Gasteiger partial charge >= 0.3 is 0 Å². The van der Waals surface area contributed by atoms with Gasteiger partial charge in [0, 0.05) is 37.8 Å². The fraction of sp³-hybridized carbons (Fsp3) is 0.588. The first-order valence-corrected chi connectivity index (χ1v) is 8.08. The van der Waals surface area contributed by atoms with Crippen molar-refractivity contribution in [2.75, 3.05) is 26.2 Å². The van der Waals surface area contributed by atoms with Crippen LogP contribution in [0.2, 0.25) is 0 Å². The highest BCUT2D eigenvalue weighted by molar-refractivity contribution is 5.50. The van der Waals surface area contributed by atoms with Crippen LogP contribution < -0.4 is 5.32 Å². The van der Waals surface area contributed by atoms with E-state index >= 15 is 0 Å². The summed E-state index contributed by atoms with van der Waals surface area (Å²) in [4.78, 5) is 2.38. The molecule has 0 spiro atoms. The second-order valence-electron chi connectivity index (χ2n) is 6.25. The molecule has 2 aliphatic rings. The van der Waals surface area contributed by atoms with Gasteiger partial charge in [-0.2, -0.15) is 5.26 Å². The second-order valence-corrected chi connectivity index (χ2v) is 6.25. The van der Waals surface area contributed by atoms with Gasteiger partial charge in [0.15, 0.2) is 0 Å². The highest BCUT2D eigenvalue weighted by Gasteiger charge is 2.34.